The van der Waals surface area contributed by atoms with Crippen LogP contribution in [-0.4, -0.2) is 0 Å². The first kappa shape index (κ1) is 4.95. The third-order valence-corrected chi connectivity index (χ3v) is 2.19. The predicted octanol–water partition coefficient (Wildman–Crippen LogP) is 2.57. The molecule has 10 heavy (non-hydrogen) atoms. The van der Waals surface area contributed by atoms with Gasteiger partial charge in [0.1, 0.15) is 0 Å². The molecule has 1 aromatic rings. The van der Waals surface area contributed by atoms with E-state index in [0.717, 1.165) is 0 Å². The summed E-state index contributed by atoms with van der Waals surface area (Å²) in [6.07, 6.45) is 5.03. The smallest absolute Gasteiger partial charge is 0.0620 e. The molecule has 0 saturated heterocycles. The van der Waals surface area contributed by atoms with Crippen LogP contribution in [0.25, 0.3) is 0 Å². The number of rotatable bonds is 0. The molecule has 0 fully saturated rings. The van der Waals surface area contributed by atoms with Crippen LogP contribution in [0.1, 0.15) is 25.3 Å². The summed E-state index contributed by atoms with van der Waals surface area (Å²) in [6, 6.07) is 6.67. The maximum Gasteiger partial charge on any atom is 0.0623 e. The fourth-order valence-electron chi connectivity index (χ4n) is 1.60. The van der Waals surface area contributed by atoms with Crippen molar-refractivity contribution >= 4 is 0 Å². The second-order valence-corrected chi connectivity index (χ2v) is 2.90. The molecule has 0 heteroatoms. The van der Waals surface area contributed by atoms with Gasteiger partial charge in [-0.15, -0.1) is 0 Å². The van der Waals surface area contributed by atoms with Crippen LogP contribution in [0.5, 0.6) is 0 Å². The highest BCUT2D eigenvalue weighted by atomic mass is 14.1. The first-order valence-corrected chi connectivity index (χ1v) is 3.95. The van der Waals surface area contributed by atoms with E-state index >= 15 is 0 Å². The average Bonchev–Trinajstić information content (AvgIpc) is 2.04. The second kappa shape index (κ2) is 2.45. The summed E-state index contributed by atoms with van der Waals surface area (Å²) in [5.41, 5.74) is 2.87. The molecule has 0 atom stereocenters. The van der Waals surface area contributed by atoms with Crippen LogP contribution in [0.15, 0.2) is 24.2 Å². The van der Waals surface area contributed by atoms with E-state index < -0.39 is 0 Å². The summed E-state index contributed by atoms with van der Waals surface area (Å²) in [6.45, 7) is 0. The van der Waals surface area contributed by atoms with Crippen molar-refractivity contribution in [2.24, 2.45) is 0 Å². The van der Waals surface area contributed by atoms with Crippen LogP contribution in [0.3, 0.4) is 0 Å². The van der Waals surface area contributed by atoms with Crippen LogP contribution in [0.4, 0.5) is 0 Å². The molecule has 0 aliphatic heterocycles. The zero-order valence-electron chi connectivity index (χ0n) is 7.06. The Labute approximate surface area is 63.3 Å². The molecule has 0 aromatic heterocycles. The Bertz CT molecular complexity index is 266. The highest BCUT2D eigenvalue weighted by molar-refractivity contribution is 5.28. The first-order chi connectivity index (χ1) is 5.36. The van der Waals surface area contributed by atoms with Gasteiger partial charge in [0.25, 0.3) is 0 Å². The molecule has 0 N–H and O–H groups in total. The van der Waals surface area contributed by atoms with Crippen molar-refractivity contribution in [2.45, 2.75) is 25.7 Å². The Morgan fingerprint density at radius 3 is 2.60 bits per heavy atom. The highest BCUT2D eigenvalue weighted by Crippen LogP contribution is 2.19. The van der Waals surface area contributed by atoms with Crippen LogP contribution in [-0.2, 0) is 12.8 Å². The van der Waals surface area contributed by atoms with E-state index in [4.69, 9.17) is 1.37 Å². The molecule has 0 radical (unpaired) electrons. The Morgan fingerprint density at radius 2 is 1.80 bits per heavy atom. The SMILES string of the molecule is [2H]c1ccc2c(c1)CCCC2. The molecule has 0 spiro atoms. The average molecular weight is 133 g/mol. The van der Waals surface area contributed by atoms with Gasteiger partial charge in [-0.25, -0.2) is 0 Å². The number of fused-ring (bicyclic) bond motifs is 1. The van der Waals surface area contributed by atoms with Crippen molar-refractivity contribution in [1.82, 2.24) is 0 Å². The molecule has 0 saturated carbocycles. The lowest BCUT2D eigenvalue weighted by molar-refractivity contribution is 0.685. The number of hydrogen-bond acceptors (Lipinski definition) is 0. The van der Waals surface area contributed by atoms with Gasteiger partial charge >= 0.3 is 0 Å². The monoisotopic (exact) mass is 133 g/mol. The summed E-state index contributed by atoms with van der Waals surface area (Å²) in [4.78, 5) is 0. The summed E-state index contributed by atoms with van der Waals surface area (Å²) in [5.74, 6) is 0. The van der Waals surface area contributed by atoms with Gasteiger partial charge in [0.15, 0.2) is 0 Å². The van der Waals surface area contributed by atoms with Gasteiger partial charge in [-0.1, -0.05) is 24.2 Å². The van der Waals surface area contributed by atoms with Crippen molar-refractivity contribution in [1.29, 1.82) is 0 Å². The summed E-state index contributed by atoms with van der Waals surface area (Å²) < 4.78 is 7.44. The molecule has 1 aliphatic carbocycles. The molecule has 2 rings (SSSR count). The maximum absolute atomic E-state index is 7.44. The van der Waals surface area contributed by atoms with Crippen LogP contribution >= 0.6 is 0 Å². The molecule has 0 unspecified atom stereocenters. The molecule has 0 bridgehead atoms. The number of aryl methyl sites for hydroxylation is 2. The normalized spacial score (nSPS) is 17.8. The molecule has 0 nitrogen and oxygen atoms in total. The lowest BCUT2D eigenvalue weighted by Gasteiger charge is -2.13. The zero-order valence-corrected chi connectivity index (χ0v) is 6.06. The minimum Gasteiger partial charge on any atom is -0.0620 e. The van der Waals surface area contributed by atoms with Crippen molar-refractivity contribution in [3.05, 3.63) is 35.4 Å². The van der Waals surface area contributed by atoms with E-state index in [2.05, 4.69) is 6.07 Å². The predicted molar refractivity (Wildman–Crippen MR) is 43.1 cm³/mol. The minimum atomic E-state index is 0.658. The third-order valence-electron chi connectivity index (χ3n) is 2.19. The van der Waals surface area contributed by atoms with Crippen molar-refractivity contribution in [3.8, 4) is 0 Å². The number of benzene rings is 1. The molecule has 1 aliphatic rings. The van der Waals surface area contributed by atoms with Crippen molar-refractivity contribution in [2.75, 3.05) is 0 Å². The molecular weight excluding hydrogens is 120 g/mol. The van der Waals surface area contributed by atoms with Crippen LogP contribution in [0.2, 0.25) is 0 Å². The van der Waals surface area contributed by atoms with Crippen LogP contribution in [0, 0.1) is 0 Å². The lowest BCUT2D eigenvalue weighted by Crippen LogP contribution is -2.00. The van der Waals surface area contributed by atoms with Gasteiger partial charge in [0, 0.05) is 0 Å². The van der Waals surface area contributed by atoms with Gasteiger partial charge in [0.2, 0.25) is 0 Å². The van der Waals surface area contributed by atoms with Gasteiger partial charge in [-0.3, -0.25) is 0 Å². The minimum absolute atomic E-state index is 0.658. The van der Waals surface area contributed by atoms with E-state index in [1.807, 2.05) is 12.1 Å². The van der Waals surface area contributed by atoms with E-state index in [-0.39, 0.29) is 0 Å². The highest BCUT2D eigenvalue weighted by Gasteiger charge is 2.05. The third kappa shape index (κ3) is 0.942. The van der Waals surface area contributed by atoms with Gasteiger partial charge in [-0.2, -0.15) is 0 Å². The molecular formula is C10H12. The maximum atomic E-state index is 7.44. The zero-order chi connectivity index (χ0) is 7.68. The molecule has 1 aromatic carbocycles. The number of hydrogen-bond donors (Lipinski definition) is 0. The molecule has 52 valence electrons. The largest absolute Gasteiger partial charge is 0.0623 e. The van der Waals surface area contributed by atoms with E-state index in [0.29, 0.717) is 6.04 Å². The fourth-order valence-corrected chi connectivity index (χ4v) is 1.60. The second-order valence-electron chi connectivity index (χ2n) is 2.90. The first-order valence-electron chi connectivity index (χ1n) is 4.45. The van der Waals surface area contributed by atoms with E-state index in [9.17, 15) is 0 Å². The standard InChI is InChI=1S/C10H12/c1-2-6-10-8-4-3-7-9(10)5-1/h1-2,5-6H,3-4,7-8H2/i1D. The Hall–Kier alpha value is -0.780. The van der Waals surface area contributed by atoms with E-state index in [1.165, 1.54) is 36.8 Å². The quantitative estimate of drug-likeness (QED) is 0.510. The van der Waals surface area contributed by atoms with Gasteiger partial charge in [0.05, 0.1) is 1.37 Å². The van der Waals surface area contributed by atoms with E-state index in [1.54, 1.807) is 0 Å². The summed E-state index contributed by atoms with van der Waals surface area (Å²) in [5, 5.41) is 0. The van der Waals surface area contributed by atoms with Gasteiger partial charge in [-0.05, 0) is 36.8 Å². The fraction of sp³-hybridized carbons (Fsp3) is 0.400. The lowest BCUT2D eigenvalue weighted by atomic mass is 9.92. The molecule has 0 amide bonds. The van der Waals surface area contributed by atoms with Gasteiger partial charge < -0.3 is 0 Å². The topological polar surface area (TPSA) is 0 Å². The summed E-state index contributed by atoms with van der Waals surface area (Å²) >= 11 is 0. The van der Waals surface area contributed by atoms with Crippen molar-refractivity contribution in [3.63, 3.8) is 0 Å². The Morgan fingerprint density at radius 1 is 1.10 bits per heavy atom. The van der Waals surface area contributed by atoms with Crippen molar-refractivity contribution < 1.29 is 1.37 Å². The van der Waals surface area contributed by atoms with Crippen LogP contribution < -0.4 is 0 Å². The molecule has 0 heterocycles. The Balaban J connectivity index is 2.43. The Kier molecular flexibility index (Phi) is 1.21. The summed E-state index contributed by atoms with van der Waals surface area (Å²) in [7, 11) is 0.